The summed E-state index contributed by atoms with van der Waals surface area (Å²) in [4.78, 5) is 30.1. The third-order valence-electron chi connectivity index (χ3n) is 6.75. The van der Waals surface area contributed by atoms with Crippen LogP contribution in [0.15, 0.2) is 42.5 Å². The molecule has 0 saturated heterocycles. The molecule has 1 N–H and O–H groups in total. The fourth-order valence-electron chi connectivity index (χ4n) is 4.95. The van der Waals surface area contributed by atoms with Gasteiger partial charge in [0.2, 0.25) is 0 Å². The van der Waals surface area contributed by atoms with Crippen molar-refractivity contribution in [1.82, 2.24) is 10.3 Å². The molecule has 0 bridgehead atoms. The molecule has 4 rings (SSSR count). The summed E-state index contributed by atoms with van der Waals surface area (Å²) in [6.07, 6.45) is 1.14. The molecule has 0 aliphatic heterocycles. The van der Waals surface area contributed by atoms with Gasteiger partial charge in [0.1, 0.15) is 5.60 Å². The minimum Gasteiger partial charge on any atom is -0.466 e. The van der Waals surface area contributed by atoms with Crippen LogP contribution in [-0.2, 0) is 27.2 Å². The summed E-state index contributed by atoms with van der Waals surface area (Å²) in [6.45, 7) is 14.5. The minimum absolute atomic E-state index is 0.0864. The first kappa shape index (κ1) is 27.6. The summed E-state index contributed by atoms with van der Waals surface area (Å²) in [6, 6.07) is 14.8. The maximum absolute atomic E-state index is 12.6. The van der Waals surface area contributed by atoms with Gasteiger partial charge < -0.3 is 14.8 Å². The second kappa shape index (κ2) is 11.1. The zero-order chi connectivity index (χ0) is 27.6. The molecule has 6 nitrogen and oxygen atoms in total. The summed E-state index contributed by atoms with van der Waals surface area (Å²) in [5.41, 5.74) is 6.74. The Morgan fingerprint density at radius 3 is 2.45 bits per heavy atom. The van der Waals surface area contributed by atoms with E-state index in [0.717, 1.165) is 51.7 Å². The van der Waals surface area contributed by atoms with E-state index in [1.807, 2.05) is 27.7 Å². The molecule has 3 aromatic rings. The quantitative estimate of drug-likeness (QED) is 0.323. The molecule has 0 spiro atoms. The number of rotatable bonds is 8. The fraction of sp³-hybridized carbons (Fsp3) is 0.469. The highest BCUT2D eigenvalue weighted by Crippen LogP contribution is 2.49. The first-order valence-corrected chi connectivity index (χ1v) is 13.6. The molecule has 6 heteroatoms. The maximum Gasteiger partial charge on any atom is 0.407 e. The van der Waals surface area contributed by atoms with Gasteiger partial charge in [0.15, 0.2) is 0 Å². The van der Waals surface area contributed by atoms with E-state index in [4.69, 9.17) is 14.5 Å². The number of nitrogens with one attached hydrogen (secondary N) is 1. The van der Waals surface area contributed by atoms with Crippen LogP contribution >= 0.6 is 0 Å². The fourth-order valence-corrected chi connectivity index (χ4v) is 4.95. The van der Waals surface area contributed by atoms with E-state index in [9.17, 15) is 9.59 Å². The van der Waals surface area contributed by atoms with Gasteiger partial charge in [0.05, 0.1) is 18.0 Å². The van der Waals surface area contributed by atoms with Crippen molar-refractivity contribution in [2.45, 2.75) is 79.4 Å². The molecule has 0 radical (unpaired) electrons. The Labute approximate surface area is 226 Å². The number of pyridine rings is 1. The summed E-state index contributed by atoms with van der Waals surface area (Å²) in [5.74, 6) is 0.339. The number of ether oxygens (including phenoxy) is 2. The van der Waals surface area contributed by atoms with Crippen molar-refractivity contribution in [3.8, 4) is 11.1 Å². The van der Waals surface area contributed by atoms with Crippen LogP contribution in [0.25, 0.3) is 22.0 Å². The zero-order valence-electron chi connectivity index (χ0n) is 23.7. The number of carbonyl (C=O) groups is 2. The predicted molar refractivity (Wildman–Crippen MR) is 151 cm³/mol. The van der Waals surface area contributed by atoms with Crippen LogP contribution < -0.4 is 5.32 Å². The van der Waals surface area contributed by atoms with Crippen LogP contribution in [0, 0.1) is 18.8 Å². The highest BCUT2D eigenvalue weighted by Gasteiger charge is 2.45. The third-order valence-corrected chi connectivity index (χ3v) is 6.75. The Balaban J connectivity index is 1.84. The minimum atomic E-state index is -0.582. The second-order valence-corrected chi connectivity index (χ2v) is 11.7. The number of aromatic nitrogens is 1. The first-order chi connectivity index (χ1) is 18.0. The van der Waals surface area contributed by atoms with Crippen LogP contribution in [0.4, 0.5) is 4.79 Å². The van der Waals surface area contributed by atoms with E-state index in [0.29, 0.717) is 19.1 Å². The Hall–Kier alpha value is -3.41. The van der Waals surface area contributed by atoms with Crippen molar-refractivity contribution in [3.05, 3.63) is 64.8 Å². The number of fused-ring (bicyclic) bond motifs is 1. The first-order valence-electron chi connectivity index (χ1n) is 13.6. The van der Waals surface area contributed by atoms with Crippen molar-refractivity contribution in [1.29, 1.82) is 0 Å². The maximum atomic E-state index is 12.6. The van der Waals surface area contributed by atoms with Crippen molar-refractivity contribution in [2.75, 3.05) is 6.61 Å². The van der Waals surface area contributed by atoms with E-state index < -0.39 is 11.7 Å². The average molecular weight is 517 g/mol. The zero-order valence-corrected chi connectivity index (χ0v) is 23.7. The SMILES string of the molecule is CCOC(=O)C1CC1c1ccc2nc(CC(C)C)c(CNC(=O)OC(C)(C)C)c(-c3ccc(C)cc3)c2c1. The molecule has 202 valence electrons. The molecule has 38 heavy (non-hydrogen) atoms. The number of benzene rings is 2. The van der Waals surface area contributed by atoms with Crippen molar-refractivity contribution in [3.63, 3.8) is 0 Å². The Bertz CT molecular complexity index is 1320. The number of alkyl carbamates (subject to hydrolysis) is 1. The Morgan fingerprint density at radius 2 is 1.82 bits per heavy atom. The van der Waals surface area contributed by atoms with Crippen LogP contribution in [0.2, 0.25) is 0 Å². The summed E-state index contributed by atoms with van der Waals surface area (Å²) in [5, 5.41) is 4.00. The van der Waals surface area contributed by atoms with Crippen LogP contribution in [0.1, 0.15) is 76.3 Å². The number of hydrogen-bond acceptors (Lipinski definition) is 5. The number of nitrogens with zero attached hydrogens (tertiary/aromatic N) is 1. The predicted octanol–water partition coefficient (Wildman–Crippen LogP) is 7.10. The number of carbonyl (C=O) groups excluding carboxylic acids is 2. The van der Waals surface area contributed by atoms with Crippen LogP contribution in [-0.4, -0.2) is 29.3 Å². The molecular formula is C32H40N2O4. The van der Waals surface area contributed by atoms with Crippen molar-refractivity contribution >= 4 is 23.0 Å². The highest BCUT2D eigenvalue weighted by atomic mass is 16.6. The molecule has 1 amide bonds. The largest absolute Gasteiger partial charge is 0.466 e. The van der Waals surface area contributed by atoms with E-state index in [2.05, 4.69) is 68.6 Å². The Morgan fingerprint density at radius 1 is 1.11 bits per heavy atom. The lowest BCUT2D eigenvalue weighted by molar-refractivity contribution is -0.144. The van der Waals surface area contributed by atoms with Gasteiger partial charge in [-0.25, -0.2) is 4.79 Å². The van der Waals surface area contributed by atoms with Gasteiger partial charge in [-0.2, -0.15) is 0 Å². The van der Waals surface area contributed by atoms with E-state index >= 15 is 0 Å². The van der Waals surface area contributed by atoms with Crippen LogP contribution in [0.3, 0.4) is 0 Å². The number of amides is 1. The van der Waals surface area contributed by atoms with Gasteiger partial charge in [0.25, 0.3) is 0 Å². The topological polar surface area (TPSA) is 77.5 Å². The van der Waals surface area contributed by atoms with E-state index in [-0.39, 0.29) is 17.8 Å². The highest BCUT2D eigenvalue weighted by molar-refractivity contribution is 5.97. The monoisotopic (exact) mass is 516 g/mol. The number of aryl methyl sites for hydroxylation is 1. The van der Waals surface area contributed by atoms with E-state index in [1.54, 1.807) is 0 Å². The normalized spacial score (nSPS) is 16.9. The third kappa shape index (κ3) is 6.53. The molecule has 2 aromatic carbocycles. The van der Waals surface area contributed by atoms with E-state index in [1.165, 1.54) is 5.56 Å². The van der Waals surface area contributed by atoms with Gasteiger partial charge in [-0.3, -0.25) is 9.78 Å². The molecule has 1 fully saturated rings. The molecule has 2 atom stereocenters. The summed E-state index contributed by atoms with van der Waals surface area (Å²) in [7, 11) is 0. The molecule has 1 aliphatic carbocycles. The summed E-state index contributed by atoms with van der Waals surface area (Å²) < 4.78 is 10.8. The molecular weight excluding hydrogens is 476 g/mol. The summed E-state index contributed by atoms with van der Waals surface area (Å²) >= 11 is 0. The van der Waals surface area contributed by atoms with Gasteiger partial charge in [-0.1, -0.05) is 49.7 Å². The van der Waals surface area contributed by atoms with Gasteiger partial charge in [-0.05, 0) is 88.1 Å². The molecule has 1 aliphatic rings. The van der Waals surface area contributed by atoms with Crippen molar-refractivity contribution in [2.24, 2.45) is 11.8 Å². The lowest BCUT2D eigenvalue weighted by atomic mass is 9.90. The lowest BCUT2D eigenvalue weighted by Gasteiger charge is -2.22. The van der Waals surface area contributed by atoms with Gasteiger partial charge >= 0.3 is 12.1 Å². The Kier molecular flexibility index (Phi) is 8.10. The van der Waals surface area contributed by atoms with Gasteiger partial charge in [0, 0.05) is 23.2 Å². The lowest BCUT2D eigenvalue weighted by Crippen LogP contribution is -2.32. The molecule has 1 aromatic heterocycles. The second-order valence-electron chi connectivity index (χ2n) is 11.7. The molecule has 2 unspecified atom stereocenters. The average Bonchev–Trinajstić information content (AvgIpc) is 3.63. The van der Waals surface area contributed by atoms with Gasteiger partial charge in [-0.15, -0.1) is 0 Å². The smallest absolute Gasteiger partial charge is 0.407 e. The molecule has 1 heterocycles. The molecule has 1 saturated carbocycles. The van der Waals surface area contributed by atoms with Crippen LogP contribution in [0.5, 0.6) is 0 Å². The van der Waals surface area contributed by atoms with Crippen molar-refractivity contribution < 1.29 is 19.1 Å². The standard InChI is InChI=1S/C32H40N2O4/c1-8-37-30(35)24-17-23(24)22-13-14-27-25(16-22)29(21-11-9-20(4)10-12-21)26(28(34-27)15-19(2)3)18-33-31(36)38-32(5,6)7/h9-14,16,19,23-24H,8,15,17-18H2,1-7H3,(H,33,36). The number of hydrogen-bond donors (Lipinski definition) is 1. The number of esters is 1.